The summed E-state index contributed by atoms with van der Waals surface area (Å²) in [4.78, 5) is 0. The molecular weight excluding hydrogens is 196 g/mol. The molecule has 0 bridgehead atoms. The van der Waals surface area contributed by atoms with Gasteiger partial charge in [0.1, 0.15) is 0 Å². The number of aliphatic hydroxyl groups is 1. The molecule has 0 unspecified atom stereocenters. The van der Waals surface area contributed by atoms with Gasteiger partial charge in [-0.15, -0.1) is 0 Å². The zero-order valence-corrected chi connectivity index (χ0v) is 11.6. The number of aryl methyl sites for hydroxylation is 1. The first kappa shape index (κ1) is 17.6. The van der Waals surface area contributed by atoms with E-state index in [4.69, 9.17) is 5.11 Å². The van der Waals surface area contributed by atoms with Gasteiger partial charge in [0.2, 0.25) is 0 Å². The van der Waals surface area contributed by atoms with E-state index in [9.17, 15) is 0 Å². The summed E-state index contributed by atoms with van der Waals surface area (Å²) in [5.41, 5.74) is 2.20. The van der Waals surface area contributed by atoms with Crippen LogP contribution in [0.25, 0.3) is 0 Å². The number of rotatable bonds is 3. The van der Waals surface area contributed by atoms with E-state index in [0.717, 1.165) is 5.56 Å². The number of aliphatic hydroxyl groups excluding tert-OH is 1. The summed E-state index contributed by atoms with van der Waals surface area (Å²) in [6.45, 7) is 10.6. The van der Waals surface area contributed by atoms with E-state index >= 15 is 0 Å². The van der Waals surface area contributed by atoms with Crippen molar-refractivity contribution in [2.45, 2.75) is 60.5 Å². The molecule has 0 aliphatic rings. The number of hydrogen-bond donors (Lipinski definition) is 1. The molecule has 1 aromatic rings. The Morgan fingerprint density at radius 1 is 0.938 bits per heavy atom. The van der Waals surface area contributed by atoms with Crippen molar-refractivity contribution in [3.05, 3.63) is 35.4 Å². The minimum absolute atomic E-state index is 0.139. The maximum atomic E-state index is 8.63. The van der Waals surface area contributed by atoms with Gasteiger partial charge < -0.3 is 5.11 Å². The molecule has 1 nitrogen and oxygen atoms in total. The Morgan fingerprint density at radius 2 is 1.38 bits per heavy atom. The summed E-state index contributed by atoms with van der Waals surface area (Å²) >= 11 is 0. The Kier molecular flexibility index (Phi) is 15.6. The Balaban J connectivity index is 0. The van der Waals surface area contributed by atoms with Gasteiger partial charge >= 0.3 is 0 Å². The molecular formula is C15H28O. The third-order valence-corrected chi connectivity index (χ3v) is 2.01. The molecule has 0 saturated carbocycles. The molecule has 0 heterocycles. The molecule has 1 aromatic carbocycles. The average molecular weight is 224 g/mol. The smallest absolute Gasteiger partial charge is 0.0681 e. The third kappa shape index (κ3) is 11.3. The van der Waals surface area contributed by atoms with Crippen molar-refractivity contribution in [1.82, 2.24) is 0 Å². The van der Waals surface area contributed by atoms with E-state index in [1.165, 1.54) is 24.8 Å². The van der Waals surface area contributed by atoms with E-state index in [-0.39, 0.29) is 6.61 Å². The quantitative estimate of drug-likeness (QED) is 0.788. The third-order valence-electron chi connectivity index (χ3n) is 2.01. The van der Waals surface area contributed by atoms with Crippen LogP contribution in [0, 0.1) is 6.92 Å². The lowest BCUT2D eigenvalue weighted by atomic mass is 10.2. The summed E-state index contributed by atoms with van der Waals surface area (Å²) in [5, 5.41) is 8.63. The van der Waals surface area contributed by atoms with E-state index in [2.05, 4.69) is 13.8 Å². The van der Waals surface area contributed by atoms with Crippen LogP contribution in [0.2, 0.25) is 0 Å². The molecule has 0 aromatic heterocycles. The summed E-state index contributed by atoms with van der Waals surface area (Å²) in [6.07, 6.45) is 4.08. The number of hydrogen-bond acceptors (Lipinski definition) is 1. The van der Waals surface area contributed by atoms with Gasteiger partial charge in [-0.25, -0.2) is 0 Å². The maximum Gasteiger partial charge on any atom is 0.0681 e. The SMILES string of the molecule is CC.CCCCC.Cc1ccc(CO)cc1. The standard InChI is InChI=1S/C8H10O.C5H12.C2H6/c1-7-2-4-8(6-9)5-3-7;1-3-5-4-2;1-2/h2-5,9H,6H2,1H3;3-5H2,1-2H3;1-2H3. The molecule has 1 rings (SSSR count). The Morgan fingerprint density at radius 3 is 1.62 bits per heavy atom. The molecule has 1 heteroatoms. The molecule has 0 aliphatic carbocycles. The number of benzene rings is 1. The second-order valence-corrected chi connectivity index (χ2v) is 3.50. The van der Waals surface area contributed by atoms with Gasteiger partial charge in [-0.05, 0) is 12.5 Å². The van der Waals surface area contributed by atoms with Crippen molar-refractivity contribution in [1.29, 1.82) is 0 Å². The van der Waals surface area contributed by atoms with E-state index in [1.54, 1.807) is 0 Å². The van der Waals surface area contributed by atoms with Crippen molar-refractivity contribution < 1.29 is 5.11 Å². The number of unbranched alkanes of at least 4 members (excludes halogenated alkanes) is 2. The maximum absolute atomic E-state index is 8.63. The summed E-state index contributed by atoms with van der Waals surface area (Å²) in [7, 11) is 0. The van der Waals surface area contributed by atoms with E-state index in [0.29, 0.717) is 0 Å². The van der Waals surface area contributed by atoms with Crippen molar-refractivity contribution >= 4 is 0 Å². The van der Waals surface area contributed by atoms with E-state index < -0.39 is 0 Å². The van der Waals surface area contributed by atoms with Gasteiger partial charge in [-0.3, -0.25) is 0 Å². The molecule has 0 radical (unpaired) electrons. The zero-order valence-electron chi connectivity index (χ0n) is 11.6. The molecule has 1 N–H and O–H groups in total. The second kappa shape index (κ2) is 14.2. The monoisotopic (exact) mass is 224 g/mol. The van der Waals surface area contributed by atoms with Crippen LogP contribution >= 0.6 is 0 Å². The first-order chi connectivity index (χ1) is 7.74. The van der Waals surface area contributed by atoms with Crippen molar-refractivity contribution in [3.63, 3.8) is 0 Å². The Labute approximate surface area is 102 Å². The van der Waals surface area contributed by atoms with Crippen LogP contribution in [0.15, 0.2) is 24.3 Å². The van der Waals surface area contributed by atoms with Gasteiger partial charge in [0.05, 0.1) is 6.61 Å². The largest absolute Gasteiger partial charge is 0.392 e. The summed E-state index contributed by atoms with van der Waals surface area (Å²) in [5.74, 6) is 0. The van der Waals surface area contributed by atoms with Gasteiger partial charge in [0, 0.05) is 0 Å². The minimum Gasteiger partial charge on any atom is -0.392 e. The zero-order chi connectivity index (χ0) is 12.8. The second-order valence-electron chi connectivity index (χ2n) is 3.50. The molecule has 0 fully saturated rings. The lowest BCUT2D eigenvalue weighted by Gasteiger charge is -1.93. The van der Waals surface area contributed by atoms with Crippen molar-refractivity contribution in [2.24, 2.45) is 0 Å². The molecule has 0 amide bonds. The fraction of sp³-hybridized carbons (Fsp3) is 0.600. The highest BCUT2D eigenvalue weighted by Gasteiger charge is 1.85. The Bertz CT molecular complexity index is 211. The van der Waals surface area contributed by atoms with Crippen LogP contribution in [0.3, 0.4) is 0 Å². The van der Waals surface area contributed by atoms with Gasteiger partial charge in [0.25, 0.3) is 0 Å². The molecule has 0 saturated heterocycles. The predicted molar refractivity (Wildman–Crippen MR) is 73.6 cm³/mol. The Hall–Kier alpha value is -0.820. The first-order valence-corrected chi connectivity index (χ1v) is 6.41. The molecule has 16 heavy (non-hydrogen) atoms. The van der Waals surface area contributed by atoms with Crippen LogP contribution in [-0.4, -0.2) is 5.11 Å². The highest BCUT2D eigenvalue weighted by molar-refractivity contribution is 5.20. The van der Waals surface area contributed by atoms with Crippen LogP contribution < -0.4 is 0 Å². The summed E-state index contributed by atoms with van der Waals surface area (Å²) in [6, 6.07) is 7.84. The minimum atomic E-state index is 0.139. The molecule has 0 aliphatic heterocycles. The predicted octanol–water partition coefficient (Wildman–Crippen LogP) is 4.71. The normalized spacial score (nSPS) is 8.38. The molecule has 0 atom stereocenters. The van der Waals surface area contributed by atoms with E-state index in [1.807, 2.05) is 45.0 Å². The van der Waals surface area contributed by atoms with Crippen molar-refractivity contribution in [3.8, 4) is 0 Å². The van der Waals surface area contributed by atoms with Crippen LogP contribution in [0.4, 0.5) is 0 Å². The topological polar surface area (TPSA) is 20.2 Å². The van der Waals surface area contributed by atoms with Crippen molar-refractivity contribution in [2.75, 3.05) is 0 Å². The van der Waals surface area contributed by atoms with Gasteiger partial charge in [-0.1, -0.05) is 76.8 Å². The lowest BCUT2D eigenvalue weighted by Crippen LogP contribution is -1.80. The lowest BCUT2D eigenvalue weighted by molar-refractivity contribution is 0.282. The highest BCUT2D eigenvalue weighted by Crippen LogP contribution is 2.01. The highest BCUT2D eigenvalue weighted by atomic mass is 16.3. The fourth-order valence-electron chi connectivity index (χ4n) is 1.05. The van der Waals surface area contributed by atoms with Crippen LogP contribution in [0.1, 0.15) is 58.1 Å². The first-order valence-electron chi connectivity index (χ1n) is 6.41. The summed E-state index contributed by atoms with van der Waals surface area (Å²) < 4.78 is 0. The average Bonchev–Trinajstić information content (AvgIpc) is 2.34. The van der Waals surface area contributed by atoms with Crippen LogP contribution in [-0.2, 0) is 6.61 Å². The van der Waals surface area contributed by atoms with Crippen LogP contribution in [0.5, 0.6) is 0 Å². The molecule has 94 valence electrons. The molecule has 0 spiro atoms. The van der Waals surface area contributed by atoms with Gasteiger partial charge in [0.15, 0.2) is 0 Å². The fourth-order valence-corrected chi connectivity index (χ4v) is 1.05. The van der Waals surface area contributed by atoms with Gasteiger partial charge in [-0.2, -0.15) is 0 Å².